The predicted molar refractivity (Wildman–Crippen MR) is 243 cm³/mol. The zero-order valence-electron chi connectivity index (χ0n) is 36.5. The minimum Gasteiger partial charge on any atom is -0.357 e. The lowest BCUT2D eigenvalue weighted by atomic mass is 9.75. The highest BCUT2D eigenvalue weighted by Gasteiger charge is 2.38. The SMILES string of the molecule is CN(C)CCn1c2c3c4c(cccc41)C(=O)NN=C3CCC2.CNCCn1c2c3c4c(cc(F)cc41)C(=O)NN=C3CC(C)(C)C2.O=C1NN=C2CNCc3[nH]c4cc(F)cc1c4c32. The van der Waals surface area contributed by atoms with E-state index in [9.17, 15) is 23.2 Å². The molecule has 0 saturated heterocycles. The number of halogens is 2. The Kier molecular flexibility index (Phi) is 10.3. The number of likely N-dealkylation sites (N-methyl/N-ethyl adjacent to an activating group) is 2. The molecule has 17 heteroatoms. The van der Waals surface area contributed by atoms with Gasteiger partial charge in [-0.15, -0.1) is 0 Å². The molecule has 0 fully saturated rings. The molecule has 0 bridgehead atoms. The maximum Gasteiger partial charge on any atom is 0.272 e. The Hall–Kier alpha value is -6.56. The fraction of sp³-hybridized carbons (Fsp3) is 0.362. The van der Waals surface area contributed by atoms with Gasteiger partial charge in [-0.05, 0) is 95.1 Å². The van der Waals surface area contributed by atoms with Crippen molar-refractivity contribution in [1.29, 1.82) is 0 Å². The van der Waals surface area contributed by atoms with Gasteiger partial charge in [0.1, 0.15) is 11.6 Å². The number of hydrogen-bond donors (Lipinski definition) is 6. The average molecular weight is 869 g/mol. The van der Waals surface area contributed by atoms with Crippen molar-refractivity contribution < 1.29 is 23.2 Å². The number of carbonyl (C=O) groups excluding carboxylic acids is 3. The molecule has 3 aromatic heterocycles. The molecule has 0 spiro atoms. The molecule has 64 heavy (non-hydrogen) atoms. The Labute approximate surface area is 367 Å². The highest BCUT2D eigenvalue weighted by molar-refractivity contribution is 6.23. The molecule has 6 aliphatic rings. The third-order valence-corrected chi connectivity index (χ3v) is 12.9. The Balaban J connectivity index is 0.000000115. The summed E-state index contributed by atoms with van der Waals surface area (Å²) in [7, 11) is 6.08. The van der Waals surface area contributed by atoms with Crippen LogP contribution in [0.3, 0.4) is 0 Å². The molecule has 0 saturated carbocycles. The number of nitrogens with zero attached hydrogens (tertiary/aromatic N) is 6. The first-order valence-corrected chi connectivity index (χ1v) is 21.8. The Morgan fingerprint density at radius 2 is 1.38 bits per heavy atom. The highest BCUT2D eigenvalue weighted by atomic mass is 19.1. The summed E-state index contributed by atoms with van der Waals surface area (Å²) >= 11 is 0. The summed E-state index contributed by atoms with van der Waals surface area (Å²) in [5, 5.41) is 21.9. The number of aromatic nitrogens is 3. The topological polar surface area (TPSA) is 177 Å². The molecule has 4 aliphatic heterocycles. The molecule has 3 aromatic carbocycles. The van der Waals surface area contributed by atoms with Gasteiger partial charge in [-0.25, -0.2) is 25.1 Å². The lowest BCUT2D eigenvalue weighted by Gasteiger charge is -2.31. The van der Waals surface area contributed by atoms with E-state index in [0.717, 1.165) is 131 Å². The van der Waals surface area contributed by atoms with Gasteiger partial charge in [-0.2, -0.15) is 15.3 Å². The summed E-state index contributed by atoms with van der Waals surface area (Å²) in [6, 6.07) is 11.5. The Morgan fingerprint density at radius 1 is 0.719 bits per heavy atom. The molecule has 6 aromatic rings. The van der Waals surface area contributed by atoms with Crippen LogP contribution in [0.15, 0.2) is 57.8 Å². The summed E-state index contributed by atoms with van der Waals surface area (Å²) in [6.07, 6.45) is 4.77. The van der Waals surface area contributed by atoms with E-state index < -0.39 is 11.6 Å². The molecule has 330 valence electrons. The first kappa shape index (κ1) is 41.5. The molecule has 12 rings (SSSR count). The first-order chi connectivity index (χ1) is 30.8. The second-order valence-corrected chi connectivity index (χ2v) is 18.2. The summed E-state index contributed by atoms with van der Waals surface area (Å²) < 4.78 is 32.2. The number of benzene rings is 3. The van der Waals surface area contributed by atoms with Crippen molar-refractivity contribution in [2.75, 3.05) is 40.8 Å². The third-order valence-electron chi connectivity index (χ3n) is 12.9. The van der Waals surface area contributed by atoms with Crippen LogP contribution in [0, 0.1) is 17.0 Å². The quantitative estimate of drug-likeness (QED) is 0.133. The van der Waals surface area contributed by atoms with E-state index in [1.807, 2.05) is 19.2 Å². The van der Waals surface area contributed by atoms with E-state index >= 15 is 0 Å². The first-order valence-electron chi connectivity index (χ1n) is 21.8. The highest BCUT2D eigenvalue weighted by Crippen LogP contribution is 2.42. The van der Waals surface area contributed by atoms with Gasteiger partial charge in [0, 0.05) is 94.7 Å². The van der Waals surface area contributed by atoms with Crippen molar-refractivity contribution in [2.24, 2.45) is 20.7 Å². The van der Waals surface area contributed by atoms with Gasteiger partial charge in [0.2, 0.25) is 0 Å². The number of hydrogen-bond acceptors (Lipinski definition) is 9. The molecular weight excluding hydrogens is 819 g/mol. The van der Waals surface area contributed by atoms with Gasteiger partial charge in [0.15, 0.2) is 0 Å². The van der Waals surface area contributed by atoms with Gasteiger partial charge in [0.05, 0.1) is 44.9 Å². The van der Waals surface area contributed by atoms with Crippen molar-refractivity contribution in [2.45, 2.75) is 65.6 Å². The maximum atomic E-state index is 14.2. The predicted octanol–water partition coefficient (Wildman–Crippen LogP) is 5.26. The van der Waals surface area contributed by atoms with Crippen LogP contribution in [0.4, 0.5) is 8.78 Å². The fourth-order valence-corrected chi connectivity index (χ4v) is 10.2. The third kappa shape index (κ3) is 6.98. The molecule has 3 amide bonds. The van der Waals surface area contributed by atoms with Crippen molar-refractivity contribution in [3.8, 4) is 0 Å². The van der Waals surface area contributed by atoms with Gasteiger partial charge in [-0.3, -0.25) is 14.4 Å². The molecule has 2 aliphatic carbocycles. The van der Waals surface area contributed by atoms with Crippen molar-refractivity contribution >= 4 is 67.6 Å². The Morgan fingerprint density at radius 3 is 2.12 bits per heavy atom. The van der Waals surface area contributed by atoms with Crippen LogP contribution in [-0.2, 0) is 32.5 Å². The summed E-state index contributed by atoms with van der Waals surface area (Å²) in [6.45, 7) is 9.10. The largest absolute Gasteiger partial charge is 0.357 e. The van der Waals surface area contributed by atoms with Crippen molar-refractivity contribution in [1.82, 2.24) is 45.9 Å². The number of aromatic amines is 1. The second-order valence-electron chi connectivity index (χ2n) is 18.2. The Bertz CT molecular complexity index is 3080. The lowest BCUT2D eigenvalue weighted by Crippen LogP contribution is -2.31. The van der Waals surface area contributed by atoms with E-state index in [1.54, 1.807) is 0 Å². The number of carbonyl (C=O) groups is 3. The molecule has 7 heterocycles. The molecule has 15 nitrogen and oxygen atoms in total. The lowest BCUT2D eigenvalue weighted by molar-refractivity contribution is 0.0948. The van der Waals surface area contributed by atoms with Crippen LogP contribution in [0.25, 0.3) is 32.7 Å². The zero-order chi connectivity index (χ0) is 44.6. The second kappa shape index (κ2) is 15.9. The van der Waals surface area contributed by atoms with E-state index in [-0.39, 0.29) is 23.1 Å². The minimum atomic E-state index is -0.428. The molecule has 0 atom stereocenters. The molecule has 0 radical (unpaired) electrons. The minimum absolute atomic E-state index is 0.0470. The van der Waals surface area contributed by atoms with Crippen molar-refractivity contribution in [3.63, 3.8) is 0 Å². The number of amides is 3. The van der Waals surface area contributed by atoms with Crippen LogP contribution in [0.1, 0.15) is 98.0 Å². The van der Waals surface area contributed by atoms with Crippen LogP contribution < -0.4 is 26.9 Å². The fourth-order valence-electron chi connectivity index (χ4n) is 10.2. The van der Waals surface area contributed by atoms with Crippen LogP contribution in [-0.4, -0.2) is 94.7 Å². The van der Waals surface area contributed by atoms with Crippen molar-refractivity contribution in [3.05, 3.63) is 105 Å². The maximum absolute atomic E-state index is 14.2. The van der Waals surface area contributed by atoms with Gasteiger partial charge >= 0.3 is 0 Å². The molecule has 6 N–H and O–H groups in total. The summed E-state index contributed by atoms with van der Waals surface area (Å²) in [5.74, 6) is -1.63. The van der Waals surface area contributed by atoms with Crippen LogP contribution in [0.5, 0.6) is 0 Å². The van der Waals surface area contributed by atoms with Gasteiger partial charge < -0.3 is 29.7 Å². The zero-order valence-corrected chi connectivity index (χ0v) is 36.5. The van der Waals surface area contributed by atoms with E-state index in [1.165, 1.54) is 35.5 Å². The van der Waals surface area contributed by atoms with E-state index in [4.69, 9.17) is 0 Å². The molecule has 0 unspecified atom stereocenters. The van der Waals surface area contributed by atoms with Gasteiger partial charge in [0.25, 0.3) is 17.7 Å². The average Bonchev–Trinajstić information content (AvgIpc) is 3.79. The van der Waals surface area contributed by atoms with Crippen LogP contribution >= 0.6 is 0 Å². The normalized spacial score (nSPS) is 17.5. The summed E-state index contributed by atoms with van der Waals surface area (Å²) in [4.78, 5) is 42.0. The molecular formula is C47H50F2N12O3. The smallest absolute Gasteiger partial charge is 0.272 e. The van der Waals surface area contributed by atoms with E-state index in [0.29, 0.717) is 29.7 Å². The standard InChI is InChI=1S/C18H21FN4O.C17H20N4O.C12H9FN4O/c1-18(2)8-12-16-14(9-18)23(5-4-20-3)13-7-10(19)6-11(15(13)16)17(24)22-21-12;1-20(2)9-10-21-13-7-3-5-11-15(13)16-12(18-19-17(11)22)6-4-8-14(16)21;13-5-1-6-10-7(2-5)15-8-3-14-4-9(11(8)10)16-17-12(6)18/h6-7,20H,4-5,8-9H2,1-3H3,(H,22,24);3,5,7H,4,6,8-10H2,1-2H3,(H,19,22);1-2,14-15H,3-4H2,(H,17,18). The monoisotopic (exact) mass is 868 g/mol. The summed E-state index contributed by atoms with van der Waals surface area (Å²) in [5.41, 5.74) is 21.1. The van der Waals surface area contributed by atoms with E-state index in [2.05, 4.69) is 95.2 Å². The number of hydrazone groups is 3. The van der Waals surface area contributed by atoms with Crippen LogP contribution in [0.2, 0.25) is 0 Å². The number of nitrogens with one attached hydrogen (secondary N) is 6. The number of rotatable bonds is 6. The number of H-pyrrole nitrogens is 1. The van der Waals surface area contributed by atoms with Gasteiger partial charge in [-0.1, -0.05) is 19.9 Å².